The third kappa shape index (κ3) is 5.70. The fraction of sp³-hybridized carbons (Fsp3) is 0.212. The number of hydrogen-bond acceptors (Lipinski definition) is 5. The molecule has 1 aliphatic heterocycles. The number of nitrogens with zero attached hydrogens (tertiary/aromatic N) is 1. The van der Waals surface area contributed by atoms with Crippen molar-refractivity contribution >= 4 is 29.3 Å². The molecular weight excluding hydrogens is 520 g/mol. The number of carbonyl (C=O) groups excluding carboxylic acids is 2. The summed E-state index contributed by atoms with van der Waals surface area (Å²) in [5.74, 6) is 0.983. The maximum atomic E-state index is 13.9. The summed E-state index contributed by atoms with van der Waals surface area (Å²) in [4.78, 5) is 30.8. The number of rotatable bonds is 8. The molecule has 1 heterocycles. The van der Waals surface area contributed by atoms with Gasteiger partial charge in [-0.1, -0.05) is 53.7 Å². The largest absolute Gasteiger partial charge is 0.493 e. The average molecular weight is 553 g/mol. The molecule has 4 aromatic carbocycles. The van der Waals surface area contributed by atoms with Crippen LogP contribution in [0, 0.1) is 13.8 Å². The smallest absolute Gasteiger partial charge is 0.259 e. The van der Waals surface area contributed by atoms with E-state index >= 15 is 0 Å². The van der Waals surface area contributed by atoms with E-state index in [9.17, 15) is 9.59 Å². The quantitative estimate of drug-likeness (QED) is 0.256. The van der Waals surface area contributed by atoms with Crippen LogP contribution in [0.15, 0.2) is 88.7 Å². The van der Waals surface area contributed by atoms with Crippen molar-refractivity contribution in [3.63, 3.8) is 0 Å². The van der Waals surface area contributed by atoms with Crippen LogP contribution in [0.5, 0.6) is 11.5 Å². The van der Waals surface area contributed by atoms with Gasteiger partial charge in [-0.25, -0.2) is 0 Å². The van der Waals surface area contributed by atoms with Crippen molar-refractivity contribution in [1.82, 2.24) is 5.32 Å². The molecule has 1 N–H and O–H groups in total. The Morgan fingerprint density at radius 2 is 1.75 bits per heavy atom. The van der Waals surface area contributed by atoms with E-state index in [-0.39, 0.29) is 11.8 Å². The summed E-state index contributed by atoms with van der Waals surface area (Å²) in [5.41, 5.74) is 6.08. The topological polar surface area (TPSA) is 67.9 Å². The first-order valence-electron chi connectivity index (χ1n) is 13.2. The van der Waals surface area contributed by atoms with Gasteiger partial charge in [-0.3, -0.25) is 9.59 Å². The number of hydrogen-bond donors (Lipinski definition) is 1. The molecule has 0 aromatic heterocycles. The fourth-order valence-electron chi connectivity index (χ4n) is 4.74. The molecule has 6 nitrogen and oxygen atoms in total. The van der Waals surface area contributed by atoms with Gasteiger partial charge in [0.2, 0.25) is 0 Å². The molecule has 0 saturated carbocycles. The highest BCUT2D eigenvalue weighted by molar-refractivity contribution is 7.99. The van der Waals surface area contributed by atoms with Crippen LogP contribution in [0.25, 0.3) is 0 Å². The molecule has 0 unspecified atom stereocenters. The molecule has 0 fully saturated rings. The lowest BCUT2D eigenvalue weighted by Crippen LogP contribution is -2.31. The molecule has 0 bridgehead atoms. The lowest BCUT2D eigenvalue weighted by atomic mass is 10.0. The van der Waals surface area contributed by atoms with E-state index in [0.717, 1.165) is 37.7 Å². The first kappa shape index (κ1) is 27.3. The molecule has 2 amide bonds. The number of carbonyl (C=O) groups is 2. The summed E-state index contributed by atoms with van der Waals surface area (Å²) in [6, 6.07) is 25.1. The van der Waals surface area contributed by atoms with Gasteiger partial charge in [0, 0.05) is 21.9 Å². The van der Waals surface area contributed by atoms with Crippen LogP contribution in [0.1, 0.15) is 49.9 Å². The highest BCUT2D eigenvalue weighted by Gasteiger charge is 2.28. The van der Waals surface area contributed by atoms with Gasteiger partial charge in [-0.2, -0.15) is 0 Å². The average Bonchev–Trinajstić information content (AvgIpc) is 3.08. The molecule has 40 heavy (non-hydrogen) atoms. The van der Waals surface area contributed by atoms with E-state index in [1.807, 2.05) is 67.6 Å². The van der Waals surface area contributed by atoms with Crippen molar-refractivity contribution in [2.24, 2.45) is 0 Å². The summed E-state index contributed by atoms with van der Waals surface area (Å²) in [6.07, 6.45) is 0. The Kier molecular flexibility index (Phi) is 8.12. The summed E-state index contributed by atoms with van der Waals surface area (Å²) >= 11 is 1.55. The summed E-state index contributed by atoms with van der Waals surface area (Å²) < 4.78 is 11.0. The molecule has 0 spiro atoms. The van der Waals surface area contributed by atoms with E-state index < -0.39 is 0 Å². The normalized spacial score (nSPS) is 12.3. The molecule has 0 radical (unpaired) electrons. The predicted octanol–water partition coefficient (Wildman–Crippen LogP) is 6.95. The Morgan fingerprint density at radius 3 is 2.55 bits per heavy atom. The number of amides is 2. The van der Waals surface area contributed by atoms with E-state index in [1.165, 1.54) is 0 Å². The van der Waals surface area contributed by atoms with Crippen molar-refractivity contribution in [2.75, 3.05) is 18.6 Å². The van der Waals surface area contributed by atoms with Crippen molar-refractivity contribution in [1.29, 1.82) is 0 Å². The molecular formula is C33H32N2O4S. The van der Waals surface area contributed by atoms with Gasteiger partial charge in [0.05, 0.1) is 31.5 Å². The number of anilines is 1. The van der Waals surface area contributed by atoms with Gasteiger partial charge in [-0.15, -0.1) is 0 Å². The Labute approximate surface area is 239 Å². The minimum absolute atomic E-state index is 0.0817. The van der Waals surface area contributed by atoms with Gasteiger partial charge in [-0.05, 0) is 79.9 Å². The van der Waals surface area contributed by atoms with Crippen molar-refractivity contribution < 1.29 is 19.1 Å². The van der Waals surface area contributed by atoms with E-state index in [0.29, 0.717) is 42.3 Å². The Hall–Kier alpha value is -4.23. The minimum Gasteiger partial charge on any atom is -0.493 e. The molecule has 0 atom stereocenters. The minimum atomic E-state index is -0.221. The van der Waals surface area contributed by atoms with Gasteiger partial charge < -0.3 is 19.7 Å². The number of methoxy groups -OCH3 is 1. The molecule has 0 saturated heterocycles. The Balaban J connectivity index is 1.45. The highest BCUT2D eigenvalue weighted by Crippen LogP contribution is 2.42. The summed E-state index contributed by atoms with van der Waals surface area (Å²) in [6.45, 7) is 7.30. The monoisotopic (exact) mass is 552 g/mol. The zero-order valence-corrected chi connectivity index (χ0v) is 23.9. The second kappa shape index (κ2) is 11.9. The van der Waals surface area contributed by atoms with Crippen molar-refractivity contribution in [3.8, 4) is 11.5 Å². The lowest BCUT2D eigenvalue weighted by Gasteiger charge is -2.25. The van der Waals surface area contributed by atoms with Crippen LogP contribution in [-0.4, -0.2) is 25.5 Å². The number of aryl methyl sites for hydroxylation is 2. The molecule has 204 valence electrons. The molecule has 4 aromatic rings. The van der Waals surface area contributed by atoms with Crippen LogP contribution < -0.4 is 19.7 Å². The number of fused-ring (bicyclic) bond motifs is 2. The zero-order valence-electron chi connectivity index (χ0n) is 23.1. The molecule has 0 aliphatic carbocycles. The summed E-state index contributed by atoms with van der Waals surface area (Å²) in [7, 11) is 1.59. The Bertz CT molecular complexity index is 1580. The first-order chi connectivity index (χ1) is 19.4. The lowest BCUT2D eigenvalue weighted by molar-refractivity contribution is 0.0947. The van der Waals surface area contributed by atoms with Gasteiger partial charge in [0.15, 0.2) is 11.5 Å². The van der Waals surface area contributed by atoms with E-state index in [1.54, 1.807) is 23.8 Å². The van der Waals surface area contributed by atoms with Crippen LogP contribution in [0.3, 0.4) is 0 Å². The number of ether oxygens (including phenoxy) is 2. The van der Waals surface area contributed by atoms with E-state index in [2.05, 4.69) is 37.4 Å². The third-order valence-electron chi connectivity index (χ3n) is 6.91. The maximum absolute atomic E-state index is 13.9. The van der Waals surface area contributed by atoms with Gasteiger partial charge >= 0.3 is 0 Å². The second-order valence-corrected chi connectivity index (χ2v) is 10.8. The van der Waals surface area contributed by atoms with Gasteiger partial charge in [0.25, 0.3) is 11.8 Å². The van der Waals surface area contributed by atoms with Crippen LogP contribution >= 0.6 is 11.8 Å². The molecule has 1 aliphatic rings. The maximum Gasteiger partial charge on any atom is 0.259 e. The predicted molar refractivity (Wildman–Crippen MR) is 159 cm³/mol. The van der Waals surface area contributed by atoms with Gasteiger partial charge in [0.1, 0.15) is 0 Å². The third-order valence-corrected chi connectivity index (χ3v) is 8.05. The standard InChI is InChI=1S/C33H32N2O4S/c1-5-39-28-14-12-23(17-29(28)38-4)19-34-32(36)24-13-15-31-27(18-24)35(20-25-16-21(2)10-11-22(25)3)33(37)26-8-6-7-9-30(26)40-31/h6-18H,5,19-20H2,1-4H3,(H,34,36). The SMILES string of the molecule is CCOc1ccc(CNC(=O)c2ccc3c(c2)N(Cc2cc(C)ccc2C)C(=O)c2ccccc2S3)cc1OC. The number of benzene rings is 4. The first-order valence-corrected chi connectivity index (χ1v) is 14.1. The zero-order chi connectivity index (χ0) is 28.2. The summed E-state index contributed by atoms with van der Waals surface area (Å²) in [5, 5.41) is 3.00. The van der Waals surface area contributed by atoms with Crippen LogP contribution in [-0.2, 0) is 13.1 Å². The van der Waals surface area contributed by atoms with Crippen molar-refractivity contribution in [2.45, 2.75) is 43.7 Å². The Morgan fingerprint density at radius 1 is 0.925 bits per heavy atom. The van der Waals surface area contributed by atoms with E-state index in [4.69, 9.17) is 9.47 Å². The molecule has 7 heteroatoms. The van der Waals surface area contributed by atoms with Crippen LogP contribution in [0.4, 0.5) is 5.69 Å². The fourth-order valence-corrected chi connectivity index (χ4v) is 5.80. The van der Waals surface area contributed by atoms with Crippen molar-refractivity contribution in [3.05, 3.63) is 112 Å². The second-order valence-electron chi connectivity index (χ2n) is 9.70. The highest BCUT2D eigenvalue weighted by atomic mass is 32.2. The molecule has 5 rings (SSSR count). The van der Waals surface area contributed by atoms with Crippen LogP contribution in [0.2, 0.25) is 0 Å². The number of nitrogens with one attached hydrogen (secondary N) is 1.